The maximum Gasteiger partial charge on any atom is 0.0748 e. The van der Waals surface area contributed by atoms with Gasteiger partial charge in [0.2, 0.25) is 0 Å². The molecule has 1 saturated heterocycles. The fraction of sp³-hybridized carbons (Fsp3) is 1.00. The minimum absolute atomic E-state index is 0.505. The van der Waals surface area contributed by atoms with Crippen molar-refractivity contribution in [2.45, 2.75) is 52.6 Å². The molecule has 0 aromatic heterocycles. The Hall–Kier alpha value is -0.0800. The molecule has 0 bridgehead atoms. The van der Waals surface area contributed by atoms with E-state index in [0.717, 1.165) is 32.0 Å². The molecule has 1 aliphatic heterocycles. The van der Waals surface area contributed by atoms with Gasteiger partial charge in [0.15, 0.2) is 0 Å². The third kappa shape index (κ3) is 4.98. The highest BCUT2D eigenvalue weighted by atomic mass is 16.3. The average Bonchev–Trinajstić information content (AvgIpc) is 2.06. The number of rotatable bonds is 4. The van der Waals surface area contributed by atoms with Gasteiger partial charge in [-0.3, -0.25) is 0 Å². The van der Waals surface area contributed by atoms with E-state index in [4.69, 9.17) is 0 Å². The van der Waals surface area contributed by atoms with Gasteiger partial charge in [-0.05, 0) is 51.1 Å². The zero-order valence-electron chi connectivity index (χ0n) is 10.8. The van der Waals surface area contributed by atoms with Crippen LogP contribution in [0.15, 0.2) is 0 Å². The van der Waals surface area contributed by atoms with E-state index < -0.39 is 5.60 Å². The molecule has 2 heteroatoms. The molecule has 1 unspecified atom stereocenters. The van der Waals surface area contributed by atoms with E-state index in [1.165, 1.54) is 12.8 Å². The van der Waals surface area contributed by atoms with Crippen molar-refractivity contribution >= 4 is 0 Å². The van der Waals surface area contributed by atoms with Crippen molar-refractivity contribution in [2.24, 2.45) is 11.8 Å². The zero-order valence-corrected chi connectivity index (χ0v) is 10.8. The first-order chi connectivity index (χ1) is 6.89. The Morgan fingerprint density at radius 2 is 1.87 bits per heavy atom. The van der Waals surface area contributed by atoms with Crippen LogP contribution in [-0.2, 0) is 0 Å². The van der Waals surface area contributed by atoms with E-state index in [0.29, 0.717) is 5.92 Å². The molecule has 0 aromatic carbocycles. The minimum atomic E-state index is -0.505. The molecule has 1 N–H and O–H groups in total. The maximum absolute atomic E-state index is 10.3. The number of hydrogen-bond acceptors (Lipinski definition) is 2. The van der Waals surface area contributed by atoms with Gasteiger partial charge in [-0.25, -0.2) is 0 Å². The summed E-state index contributed by atoms with van der Waals surface area (Å²) < 4.78 is 0. The van der Waals surface area contributed by atoms with E-state index in [1.54, 1.807) is 0 Å². The van der Waals surface area contributed by atoms with Gasteiger partial charge in [0, 0.05) is 6.54 Å². The smallest absolute Gasteiger partial charge is 0.0748 e. The van der Waals surface area contributed by atoms with Crippen molar-refractivity contribution in [3.8, 4) is 0 Å². The average molecular weight is 213 g/mol. The van der Waals surface area contributed by atoms with Crippen LogP contribution >= 0.6 is 0 Å². The Balaban J connectivity index is 2.33. The van der Waals surface area contributed by atoms with Crippen molar-refractivity contribution in [1.29, 1.82) is 0 Å². The second-order valence-corrected chi connectivity index (χ2v) is 6.05. The summed E-state index contributed by atoms with van der Waals surface area (Å²) in [6.45, 7) is 11.8. The van der Waals surface area contributed by atoms with E-state index in [-0.39, 0.29) is 0 Å². The number of aliphatic hydroxyl groups is 1. The van der Waals surface area contributed by atoms with Gasteiger partial charge in [0.25, 0.3) is 0 Å². The summed E-state index contributed by atoms with van der Waals surface area (Å²) in [7, 11) is 0. The third-order valence-corrected chi connectivity index (χ3v) is 3.29. The summed E-state index contributed by atoms with van der Waals surface area (Å²) >= 11 is 0. The summed E-state index contributed by atoms with van der Waals surface area (Å²) in [6, 6.07) is 0. The number of piperidine rings is 1. The molecular weight excluding hydrogens is 186 g/mol. The fourth-order valence-corrected chi connectivity index (χ4v) is 2.65. The van der Waals surface area contributed by atoms with E-state index in [1.807, 2.05) is 6.92 Å². The van der Waals surface area contributed by atoms with Crippen LogP contribution in [0.1, 0.15) is 47.0 Å². The lowest BCUT2D eigenvalue weighted by Crippen LogP contribution is -2.44. The first kappa shape index (κ1) is 13.0. The highest BCUT2D eigenvalue weighted by Crippen LogP contribution is 2.21. The standard InChI is InChI=1S/C13H27NO/c1-11(2)9-13(4,15)10-14-7-5-12(3)6-8-14/h11-12,15H,5-10H2,1-4H3. The number of likely N-dealkylation sites (tertiary alicyclic amines) is 1. The molecule has 1 fully saturated rings. The Morgan fingerprint density at radius 1 is 1.33 bits per heavy atom. The molecule has 15 heavy (non-hydrogen) atoms. The van der Waals surface area contributed by atoms with Crippen LogP contribution in [0.25, 0.3) is 0 Å². The molecule has 2 nitrogen and oxygen atoms in total. The number of β-amino-alcohol motifs (C(OH)–C–C–N with tert-alkyl or cyclic N) is 1. The molecule has 0 radical (unpaired) electrons. The molecular formula is C13H27NO. The highest BCUT2D eigenvalue weighted by molar-refractivity contribution is 4.81. The predicted octanol–water partition coefficient (Wildman–Crippen LogP) is 2.52. The van der Waals surface area contributed by atoms with E-state index in [2.05, 4.69) is 25.7 Å². The summed E-state index contributed by atoms with van der Waals surface area (Å²) in [5.41, 5.74) is -0.505. The van der Waals surface area contributed by atoms with Crippen molar-refractivity contribution in [1.82, 2.24) is 4.90 Å². The molecule has 0 spiro atoms. The van der Waals surface area contributed by atoms with Gasteiger partial charge in [-0.1, -0.05) is 20.8 Å². The molecule has 1 aliphatic rings. The monoisotopic (exact) mass is 213 g/mol. The first-order valence-corrected chi connectivity index (χ1v) is 6.34. The topological polar surface area (TPSA) is 23.5 Å². The molecule has 0 saturated carbocycles. The maximum atomic E-state index is 10.3. The van der Waals surface area contributed by atoms with Crippen molar-refractivity contribution in [3.05, 3.63) is 0 Å². The molecule has 90 valence electrons. The van der Waals surface area contributed by atoms with Gasteiger partial charge in [0.05, 0.1) is 5.60 Å². The van der Waals surface area contributed by atoms with Crippen LogP contribution < -0.4 is 0 Å². The van der Waals surface area contributed by atoms with Crippen LogP contribution in [-0.4, -0.2) is 35.2 Å². The summed E-state index contributed by atoms with van der Waals surface area (Å²) in [6.07, 6.45) is 3.48. The Kier molecular flexibility index (Phi) is 4.60. The van der Waals surface area contributed by atoms with Crippen LogP contribution in [0.5, 0.6) is 0 Å². The van der Waals surface area contributed by atoms with Gasteiger partial charge >= 0.3 is 0 Å². The highest BCUT2D eigenvalue weighted by Gasteiger charge is 2.26. The van der Waals surface area contributed by atoms with Crippen molar-refractivity contribution in [2.75, 3.05) is 19.6 Å². The van der Waals surface area contributed by atoms with Crippen LogP contribution in [0, 0.1) is 11.8 Å². The second kappa shape index (κ2) is 5.31. The van der Waals surface area contributed by atoms with Crippen LogP contribution in [0.4, 0.5) is 0 Å². The third-order valence-electron chi connectivity index (χ3n) is 3.29. The lowest BCUT2D eigenvalue weighted by Gasteiger charge is -2.36. The van der Waals surface area contributed by atoms with Gasteiger partial charge in [0.1, 0.15) is 0 Å². The first-order valence-electron chi connectivity index (χ1n) is 6.34. The second-order valence-electron chi connectivity index (χ2n) is 6.05. The number of hydrogen-bond donors (Lipinski definition) is 1. The SMILES string of the molecule is CC(C)CC(C)(O)CN1CCC(C)CC1. The molecule has 1 heterocycles. The minimum Gasteiger partial charge on any atom is -0.389 e. The lowest BCUT2D eigenvalue weighted by molar-refractivity contribution is -0.00516. The van der Waals surface area contributed by atoms with Gasteiger partial charge < -0.3 is 10.0 Å². The van der Waals surface area contributed by atoms with Crippen molar-refractivity contribution in [3.63, 3.8) is 0 Å². The summed E-state index contributed by atoms with van der Waals surface area (Å²) in [5.74, 6) is 1.44. The van der Waals surface area contributed by atoms with E-state index >= 15 is 0 Å². The lowest BCUT2D eigenvalue weighted by atomic mass is 9.92. The van der Waals surface area contributed by atoms with Gasteiger partial charge in [-0.2, -0.15) is 0 Å². The Morgan fingerprint density at radius 3 is 2.33 bits per heavy atom. The summed E-state index contributed by atoms with van der Waals surface area (Å²) in [4.78, 5) is 2.42. The molecule has 0 aliphatic carbocycles. The van der Waals surface area contributed by atoms with Crippen LogP contribution in [0.3, 0.4) is 0 Å². The Labute approximate surface area is 94.7 Å². The molecule has 0 aromatic rings. The predicted molar refractivity (Wildman–Crippen MR) is 64.9 cm³/mol. The normalized spacial score (nSPS) is 24.4. The molecule has 1 rings (SSSR count). The largest absolute Gasteiger partial charge is 0.389 e. The van der Waals surface area contributed by atoms with Crippen LogP contribution in [0.2, 0.25) is 0 Å². The number of nitrogens with zero attached hydrogens (tertiary/aromatic N) is 1. The summed E-state index contributed by atoms with van der Waals surface area (Å²) in [5, 5.41) is 10.3. The fourth-order valence-electron chi connectivity index (χ4n) is 2.65. The Bertz CT molecular complexity index is 181. The zero-order chi connectivity index (χ0) is 11.5. The van der Waals surface area contributed by atoms with Gasteiger partial charge in [-0.15, -0.1) is 0 Å². The quantitative estimate of drug-likeness (QED) is 0.775. The molecule has 1 atom stereocenters. The van der Waals surface area contributed by atoms with Crippen molar-refractivity contribution < 1.29 is 5.11 Å². The van der Waals surface area contributed by atoms with E-state index in [9.17, 15) is 5.11 Å². The molecule has 0 amide bonds.